The molecule has 0 saturated heterocycles. The third kappa shape index (κ3) is 6.41. The van der Waals surface area contributed by atoms with Gasteiger partial charge in [-0.15, -0.1) is 0 Å². The van der Waals surface area contributed by atoms with Crippen LogP contribution in [0.2, 0.25) is 0 Å². The molecule has 0 heterocycles. The molecule has 0 aromatic heterocycles. The third-order valence-corrected chi connectivity index (χ3v) is 0.471. The van der Waals surface area contributed by atoms with Crippen LogP contribution in [0.5, 0.6) is 0 Å². The molecule has 2 nitrogen and oxygen atoms in total. The van der Waals surface area contributed by atoms with Crippen molar-refractivity contribution in [2.24, 2.45) is 5.92 Å². The molecule has 0 unspecified atom stereocenters. The van der Waals surface area contributed by atoms with E-state index in [1.807, 2.05) is 0 Å². The number of carboxylic acid groups (broad SMARTS) is 1. The van der Waals surface area contributed by atoms with E-state index in [1.165, 1.54) is 0 Å². The van der Waals surface area contributed by atoms with Crippen LogP contribution in [0.25, 0.3) is 0 Å². The molecule has 0 aliphatic heterocycles. The Morgan fingerprint density at radius 2 is 1.71 bits per heavy atom. The fourth-order valence-electron chi connectivity index (χ4n) is 0. The average Bonchev–Trinajstić information content (AvgIpc) is 1.36. The molecule has 0 aliphatic rings. The zero-order chi connectivity index (χ0) is 5.15. The largest absolute Gasteiger partial charge is 1.00 e. The molecule has 0 rings (SSSR count). The van der Waals surface area contributed by atoms with Gasteiger partial charge in [0.15, 0.2) is 0 Å². The maximum absolute atomic E-state index is 9.59. The second-order valence-corrected chi connectivity index (χ2v) is 1.47. The SMILES string of the molecule is CC(C)C(=O)[O-].[Hg+]. The van der Waals surface area contributed by atoms with E-state index >= 15 is 0 Å². The first-order valence-corrected chi connectivity index (χ1v) is 1.85. The minimum absolute atomic E-state index is 0. The Balaban J connectivity index is 0. The summed E-state index contributed by atoms with van der Waals surface area (Å²) in [5.41, 5.74) is 0. The van der Waals surface area contributed by atoms with Crippen LogP contribution in [-0.2, 0) is 32.5 Å². The van der Waals surface area contributed by atoms with Crippen LogP contribution in [-0.4, -0.2) is 5.97 Å². The Morgan fingerprint density at radius 1 is 1.57 bits per heavy atom. The number of aliphatic carboxylic acids is 1. The predicted octanol–water partition coefficient (Wildman–Crippen LogP) is -0.610. The predicted molar refractivity (Wildman–Crippen MR) is 19.8 cm³/mol. The van der Waals surface area contributed by atoms with Gasteiger partial charge in [0.05, 0.1) is 0 Å². The molecule has 0 aromatic carbocycles. The third-order valence-electron chi connectivity index (χ3n) is 0.471. The summed E-state index contributed by atoms with van der Waals surface area (Å²) in [7, 11) is 0. The molecule has 0 N–H and O–H groups in total. The van der Waals surface area contributed by atoms with Gasteiger partial charge in [-0.25, -0.2) is 0 Å². The summed E-state index contributed by atoms with van der Waals surface area (Å²) in [6, 6.07) is 0. The summed E-state index contributed by atoms with van der Waals surface area (Å²) in [6.07, 6.45) is 0. The van der Waals surface area contributed by atoms with Gasteiger partial charge in [-0.05, 0) is 5.92 Å². The monoisotopic (exact) mass is 289 g/mol. The topological polar surface area (TPSA) is 40.1 Å². The molecule has 0 amide bonds. The van der Waals surface area contributed by atoms with Crippen molar-refractivity contribution >= 4 is 5.97 Å². The van der Waals surface area contributed by atoms with Crippen molar-refractivity contribution in [3.8, 4) is 0 Å². The van der Waals surface area contributed by atoms with Gasteiger partial charge in [0.1, 0.15) is 0 Å². The molecule has 0 aromatic rings. The molecule has 0 atom stereocenters. The van der Waals surface area contributed by atoms with Crippen LogP contribution in [0.4, 0.5) is 0 Å². The maximum atomic E-state index is 9.59. The minimum Gasteiger partial charge on any atom is -0.550 e. The summed E-state index contributed by atoms with van der Waals surface area (Å²) in [5, 5.41) is 9.59. The summed E-state index contributed by atoms with van der Waals surface area (Å²) in [4.78, 5) is 9.59. The van der Waals surface area contributed by atoms with Gasteiger partial charge in [-0.3, -0.25) is 0 Å². The van der Waals surface area contributed by atoms with Crippen molar-refractivity contribution in [2.45, 2.75) is 13.8 Å². The summed E-state index contributed by atoms with van der Waals surface area (Å²) in [6.45, 7) is 3.16. The van der Waals surface area contributed by atoms with Crippen molar-refractivity contribution in [1.29, 1.82) is 0 Å². The van der Waals surface area contributed by atoms with E-state index in [4.69, 9.17) is 0 Å². The second-order valence-electron chi connectivity index (χ2n) is 1.47. The number of carbonyl (C=O) groups excluding carboxylic acids is 1. The Kier molecular flexibility index (Phi) is 6.78. The van der Waals surface area contributed by atoms with Crippen molar-refractivity contribution in [3.05, 3.63) is 0 Å². The quantitative estimate of drug-likeness (QED) is 0.604. The molecule has 0 saturated carbocycles. The van der Waals surface area contributed by atoms with E-state index in [9.17, 15) is 9.90 Å². The summed E-state index contributed by atoms with van der Waals surface area (Å²) >= 11 is 0. The van der Waals surface area contributed by atoms with Crippen LogP contribution in [0.3, 0.4) is 0 Å². The van der Waals surface area contributed by atoms with Crippen molar-refractivity contribution in [1.82, 2.24) is 0 Å². The molecule has 0 bridgehead atoms. The zero-order valence-electron chi connectivity index (χ0n) is 4.60. The van der Waals surface area contributed by atoms with Gasteiger partial charge < -0.3 is 9.90 Å². The standard InChI is InChI=1S/C4H8O2.Hg/c1-3(2)4(5)6;/h3H,1-2H3,(H,5,6);/q;+1/p-1. The first kappa shape index (κ1) is 10.4. The van der Waals surface area contributed by atoms with Crippen molar-refractivity contribution in [3.63, 3.8) is 0 Å². The van der Waals surface area contributed by atoms with Crippen LogP contribution in [0.1, 0.15) is 13.8 Å². The van der Waals surface area contributed by atoms with Gasteiger partial charge in [0.25, 0.3) is 0 Å². The number of carboxylic acids is 1. The van der Waals surface area contributed by atoms with E-state index in [0.717, 1.165) is 0 Å². The molecular weight excluding hydrogens is 281 g/mol. The van der Waals surface area contributed by atoms with Crippen molar-refractivity contribution in [2.75, 3.05) is 0 Å². The van der Waals surface area contributed by atoms with Gasteiger partial charge in [-0.1, -0.05) is 13.8 Å². The molecule has 0 fully saturated rings. The zero-order valence-corrected chi connectivity index (χ0v) is 10.1. The molecule has 3 heteroatoms. The Morgan fingerprint density at radius 3 is 1.71 bits per heavy atom. The fraction of sp³-hybridized carbons (Fsp3) is 0.750. The van der Waals surface area contributed by atoms with Crippen LogP contribution >= 0.6 is 0 Å². The number of carbonyl (C=O) groups is 1. The summed E-state index contributed by atoms with van der Waals surface area (Å²) < 4.78 is 0. The van der Waals surface area contributed by atoms with Crippen LogP contribution < -0.4 is 5.11 Å². The first-order chi connectivity index (χ1) is 2.64. The Bertz CT molecular complexity index is 60.7. The molecule has 0 spiro atoms. The molecule has 0 aliphatic carbocycles. The number of hydrogen-bond donors (Lipinski definition) is 0. The average molecular weight is 288 g/mol. The fourth-order valence-corrected chi connectivity index (χ4v) is 0. The first-order valence-electron chi connectivity index (χ1n) is 1.85. The van der Waals surface area contributed by atoms with Gasteiger partial charge in [0.2, 0.25) is 0 Å². The number of rotatable bonds is 1. The molecule has 7 heavy (non-hydrogen) atoms. The van der Waals surface area contributed by atoms with Crippen LogP contribution in [0, 0.1) is 5.92 Å². The number of hydrogen-bond acceptors (Lipinski definition) is 2. The normalized spacial score (nSPS) is 7.86. The summed E-state index contributed by atoms with van der Waals surface area (Å²) in [5.74, 6) is -1.33. The Hall–Kier alpha value is 0.405. The van der Waals surface area contributed by atoms with E-state index in [-0.39, 0.29) is 33.6 Å². The molecule has 1 radical (unpaired) electrons. The second kappa shape index (κ2) is 4.56. The maximum Gasteiger partial charge on any atom is 1.00 e. The van der Waals surface area contributed by atoms with Crippen LogP contribution in [0.15, 0.2) is 0 Å². The smallest absolute Gasteiger partial charge is 0.550 e. The minimum atomic E-state index is -0.991. The van der Waals surface area contributed by atoms with Gasteiger partial charge >= 0.3 is 27.7 Å². The van der Waals surface area contributed by atoms with Gasteiger partial charge in [0, 0.05) is 5.97 Å². The van der Waals surface area contributed by atoms with Crippen molar-refractivity contribution < 1.29 is 37.6 Å². The van der Waals surface area contributed by atoms with E-state index in [1.54, 1.807) is 13.8 Å². The van der Waals surface area contributed by atoms with E-state index in [0.29, 0.717) is 0 Å². The molecule has 37 valence electrons. The van der Waals surface area contributed by atoms with Gasteiger partial charge in [-0.2, -0.15) is 0 Å². The Labute approximate surface area is 63.4 Å². The van der Waals surface area contributed by atoms with E-state index < -0.39 is 5.97 Å². The van der Waals surface area contributed by atoms with E-state index in [2.05, 4.69) is 0 Å². The molecular formula is C4H7HgO2.